The molecule has 4 aromatic rings. The van der Waals surface area contributed by atoms with Crippen LogP contribution in [0.4, 0.5) is 22.7 Å². The molecule has 4 nitrogen and oxygen atoms in total. The molecule has 0 heterocycles. The van der Waals surface area contributed by atoms with Gasteiger partial charge in [-0.2, -0.15) is 0 Å². The Labute approximate surface area is 250 Å². The highest BCUT2D eigenvalue weighted by atomic mass is 15.0. The van der Waals surface area contributed by atoms with E-state index in [0.717, 1.165) is 71.3 Å². The summed E-state index contributed by atoms with van der Waals surface area (Å²) in [5.74, 6) is 0. The molecule has 0 aromatic heterocycles. The van der Waals surface area contributed by atoms with Gasteiger partial charge in [0.1, 0.15) is 0 Å². The number of benzene rings is 4. The minimum atomic E-state index is 0.840. The monoisotopic (exact) mass is 552 g/mol. The van der Waals surface area contributed by atoms with Crippen molar-refractivity contribution in [1.29, 1.82) is 0 Å². The number of nitrogens with one attached hydrogen (secondary N) is 2. The van der Waals surface area contributed by atoms with E-state index in [0.29, 0.717) is 0 Å². The Balaban J connectivity index is 1.59. The van der Waals surface area contributed by atoms with E-state index in [1.54, 1.807) is 0 Å². The van der Waals surface area contributed by atoms with Crippen LogP contribution in [0, 0.1) is 0 Å². The third-order valence-electron chi connectivity index (χ3n) is 7.58. The van der Waals surface area contributed by atoms with Crippen LogP contribution >= 0.6 is 0 Å². The van der Waals surface area contributed by atoms with E-state index < -0.39 is 0 Å². The summed E-state index contributed by atoms with van der Waals surface area (Å²) in [6.07, 6.45) is 8.22. The molecule has 0 fully saturated rings. The van der Waals surface area contributed by atoms with Crippen LogP contribution < -0.4 is 10.6 Å². The quantitative estimate of drug-likeness (QED) is 0.192. The van der Waals surface area contributed by atoms with Gasteiger partial charge in [0.2, 0.25) is 0 Å². The number of hydrogen-bond donors (Lipinski definition) is 2. The van der Waals surface area contributed by atoms with Crippen molar-refractivity contribution in [3.63, 3.8) is 0 Å². The number of allylic oxidation sites excluding steroid dienone is 2. The first-order valence-electron chi connectivity index (χ1n) is 15.1. The zero-order valence-corrected chi connectivity index (χ0v) is 25.1. The summed E-state index contributed by atoms with van der Waals surface area (Å²) in [5.41, 5.74) is 12.5. The Hall–Kier alpha value is -4.70. The Bertz CT molecular complexity index is 1480. The first-order chi connectivity index (χ1) is 20.6. The van der Waals surface area contributed by atoms with Crippen LogP contribution in [0.1, 0.15) is 49.9 Å². The van der Waals surface area contributed by atoms with E-state index in [9.17, 15) is 0 Å². The molecule has 212 valence electrons. The molecule has 0 spiro atoms. The number of hydrogen-bond acceptors (Lipinski definition) is 4. The normalized spacial score (nSPS) is 15.0. The smallest absolute Gasteiger partial charge is 0.0894 e. The molecule has 1 aliphatic rings. The lowest BCUT2D eigenvalue weighted by Crippen LogP contribution is -2.22. The average molecular weight is 553 g/mol. The van der Waals surface area contributed by atoms with Crippen molar-refractivity contribution in [2.75, 3.05) is 10.6 Å². The van der Waals surface area contributed by atoms with Gasteiger partial charge in [-0.15, -0.1) is 0 Å². The molecule has 5 rings (SSSR count). The van der Waals surface area contributed by atoms with Gasteiger partial charge in [0.15, 0.2) is 0 Å². The predicted molar refractivity (Wildman–Crippen MR) is 181 cm³/mol. The first-order valence-corrected chi connectivity index (χ1v) is 15.1. The van der Waals surface area contributed by atoms with Gasteiger partial charge in [-0.05, 0) is 109 Å². The molecule has 0 aliphatic heterocycles. The first kappa shape index (κ1) is 28.8. The van der Waals surface area contributed by atoms with Gasteiger partial charge in [0, 0.05) is 11.4 Å². The molecule has 0 radical (unpaired) electrons. The molecule has 0 atom stereocenters. The van der Waals surface area contributed by atoms with Gasteiger partial charge < -0.3 is 10.6 Å². The van der Waals surface area contributed by atoms with Crippen molar-refractivity contribution < 1.29 is 0 Å². The number of rotatable bonds is 10. The van der Waals surface area contributed by atoms with Crippen LogP contribution in [0.3, 0.4) is 0 Å². The summed E-state index contributed by atoms with van der Waals surface area (Å²) >= 11 is 0. The third kappa shape index (κ3) is 7.32. The third-order valence-corrected chi connectivity index (χ3v) is 7.58. The SMILES string of the molecule is CCc1ccc(N=C2C=C(Nc3ccc(CC)cc3)C(=Nc3ccc(CC)cc3)C=C2Nc2ccc(CC)cc2)cc1. The second-order valence-electron chi connectivity index (χ2n) is 10.5. The van der Waals surface area contributed by atoms with Crippen molar-refractivity contribution in [2.45, 2.75) is 53.4 Å². The van der Waals surface area contributed by atoms with Crippen molar-refractivity contribution in [3.8, 4) is 0 Å². The zero-order valence-electron chi connectivity index (χ0n) is 25.1. The lowest BCUT2D eigenvalue weighted by atomic mass is 10.0. The van der Waals surface area contributed by atoms with Crippen molar-refractivity contribution in [3.05, 3.63) is 143 Å². The molecule has 0 saturated heterocycles. The lowest BCUT2D eigenvalue weighted by molar-refractivity contribution is 1.14. The number of anilines is 2. The molecule has 4 aromatic carbocycles. The maximum Gasteiger partial charge on any atom is 0.0894 e. The standard InChI is InChI=1S/C38H40N4/c1-5-27-9-17-31(18-10-27)39-35-25-37(41-33-21-13-29(7-3)14-22-33)38(42-34-23-15-30(8-4)16-24-34)26-36(35)40-32-19-11-28(6-2)12-20-32/h9-26,39,42H,5-8H2,1-4H3. The number of nitrogens with zero attached hydrogens (tertiary/aromatic N) is 2. The lowest BCUT2D eigenvalue weighted by Gasteiger charge is -2.21. The van der Waals surface area contributed by atoms with Gasteiger partial charge in [-0.25, -0.2) is 9.98 Å². The molecule has 0 bridgehead atoms. The zero-order chi connectivity index (χ0) is 29.3. The van der Waals surface area contributed by atoms with Crippen LogP contribution in [-0.2, 0) is 25.7 Å². The van der Waals surface area contributed by atoms with Crippen LogP contribution in [0.25, 0.3) is 0 Å². The Morgan fingerprint density at radius 3 is 0.976 bits per heavy atom. The molecule has 42 heavy (non-hydrogen) atoms. The van der Waals surface area contributed by atoms with Gasteiger partial charge in [0.05, 0.1) is 34.2 Å². The fraction of sp³-hybridized carbons (Fsp3) is 0.211. The minimum Gasteiger partial charge on any atom is -0.354 e. The summed E-state index contributed by atoms with van der Waals surface area (Å²) in [7, 11) is 0. The highest BCUT2D eigenvalue weighted by Gasteiger charge is 2.19. The second-order valence-corrected chi connectivity index (χ2v) is 10.5. The molecule has 0 saturated carbocycles. The van der Waals surface area contributed by atoms with Crippen LogP contribution in [0.5, 0.6) is 0 Å². The van der Waals surface area contributed by atoms with Crippen molar-refractivity contribution >= 4 is 34.2 Å². The maximum atomic E-state index is 5.10. The van der Waals surface area contributed by atoms with Crippen LogP contribution in [0.15, 0.2) is 131 Å². The van der Waals surface area contributed by atoms with Crippen LogP contribution in [-0.4, -0.2) is 11.4 Å². The van der Waals surface area contributed by atoms with E-state index in [1.807, 2.05) is 0 Å². The number of aryl methyl sites for hydroxylation is 4. The molecule has 1 aliphatic carbocycles. The molecule has 0 unspecified atom stereocenters. The Morgan fingerprint density at radius 2 is 0.690 bits per heavy atom. The molecular formula is C38H40N4. The summed E-state index contributed by atoms with van der Waals surface area (Å²) in [6.45, 7) is 8.68. The molecule has 0 amide bonds. The largest absolute Gasteiger partial charge is 0.354 e. The van der Waals surface area contributed by atoms with E-state index >= 15 is 0 Å². The van der Waals surface area contributed by atoms with E-state index in [1.165, 1.54) is 22.3 Å². The van der Waals surface area contributed by atoms with Crippen molar-refractivity contribution in [1.82, 2.24) is 0 Å². The summed E-state index contributed by atoms with van der Waals surface area (Å²) < 4.78 is 0. The van der Waals surface area contributed by atoms with E-state index in [4.69, 9.17) is 9.98 Å². The maximum absolute atomic E-state index is 5.10. The van der Waals surface area contributed by atoms with E-state index in [2.05, 4.69) is 148 Å². The molecule has 4 heteroatoms. The van der Waals surface area contributed by atoms with Gasteiger partial charge in [-0.1, -0.05) is 76.2 Å². The van der Waals surface area contributed by atoms with Gasteiger partial charge in [0.25, 0.3) is 0 Å². The fourth-order valence-electron chi connectivity index (χ4n) is 4.81. The van der Waals surface area contributed by atoms with Crippen molar-refractivity contribution in [2.24, 2.45) is 9.98 Å². The summed E-state index contributed by atoms with van der Waals surface area (Å²) in [4.78, 5) is 10.2. The minimum absolute atomic E-state index is 0.840. The van der Waals surface area contributed by atoms with Gasteiger partial charge >= 0.3 is 0 Å². The number of aliphatic imine (C=N–C) groups is 2. The van der Waals surface area contributed by atoms with Gasteiger partial charge in [-0.3, -0.25) is 0 Å². The highest BCUT2D eigenvalue weighted by molar-refractivity contribution is 6.26. The van der Waals surface area contributed by atoms with Crippen LogP contribution in [0.2, 0.25) is 0 Å². The van der Waals surface area contributed by atoms with E-state index in [-0.39, 0.29) is 0 Å². The molecule has 2 N–H and O–H groups in total. The average Bonchev–Trinajstić information content (AvgIpc) is 3.04. The predicted octanol–water partition coefficient (Wildman–Crippen LogP) is 9.79. The topological polar surface area (TPSA) is 48.8 Å². The second kappa shape index (κ2) is 13.8. The summed E-state index contributed by atoms with van der Waals surface area (Å²) in [5, 5.41) is 7.27. The fourth-order valence-corrected chi connectivity index (χ4v) is 4.81. The Kier molecular flexibility index (Phi) is 9.45. The Morgan fingerprint density at radius 1 is 0.405 bits per heavy atom. The summed E-state index contributed by atoms with van der Waals surface area (Å²) in [6, 6.07) is 34.1. The highest BCUT2D eigenvalue weighted by Crippen LogP contribution is 2.26. The molecular weight excluding hydrogens is 512 g/mol.